The van der Waals surface area contributed by atoms with Gasteiger partial charge < -0.3 is 5.32 Å². The van der Waals surface area contributed by atoms with Crippen molar-refractivity contribution in [1.29, 1.82) is 0 Å². The number of benzene rings is 3. The monoisotopic (exact) mass is 307 g/mol. The lowest BCUT2D eigenvalue weighted by Gasteiger charge is -2.15. The first-order valence-corrected chi connectivity index (χ1v) is 7.64. The lowest BCUT2D eigenvalue weighted by atomic mass is 10.0. The molecule has 0 aliphatic carbocycles. The molecule has 0 aliphatic heterocycles. The molecule has 1 amide bonds. The average molecular weight is 307 g/mol. The zero-order valence-corrected chi connectivity index (χ0v) is 12.9. The van der Waals surface area contributed by atoms with Crippen molar-refractivity contribution >= 4 is 16.7 Å². The van der Waals surface area contributed by atoms with Crippen LogP contribution in [0.15, 0.2) is 66.7 Å². The van der Waals surface area contributed by atoms with Crippen molar-refractivity contribution in [2.75, 3.05) is 0 Å². The molecule has 0 aromatic heterocycles. The maximum absolute atomic E-state index is 13.2. The van der Waals surface area contributed by atoms with E-state index in [1.807, 2.05) is 25.1 Å². The van der Waals surface area contributed by atoms with Crippen LogP contribution in [0.25, 0.3) is 10.8 Å². The van der Waals surface area contributed by atoms with E-state index in [4.69, 9.17) is 0 Å². The molecule has 116 valence electrons. The predicted molar refractivity (Wildman–Crippen MR) is 90.6 cm³/mol. The Bertz CT molecular complexity index is 844. The van der Waals surface area contributed by atoms with Crippen molar-refractivity contribution in [3.05, 3.63) is 83.7 Å². The first-order chi connectivity index (χ1) is 11.1. The van der Waals surface area contributed by atoms with Crippen molar-refractivity contribution < 1.29 is 9.18 Å². The second kappa shape index (κ2) is 6.61. The number of rotatable bonds is 4. The molecule has 3 aromatic rings. The first kappa shape index (κ1) is 15.2. The summed E-state index contributed by atoms with van der Waals surface area (Å²) >= 11 is 0. The zero-order valence-electron chi connectivity index (χ0n) is 12.9. The molecule has 1 N–H and O–H groups in total. The SMILES string of the molecule is CC(NC(=O)Cc1cccc(F)c1)c1ccc2ccccc2c1. The third-order valence-electron chi connectivity index (χ3n) is 3.90. The highest BCUT2D eigenvalue weighted by Gasteiger charge is 2.11. The summed E-state index contributed by atoms with van der Waals surface area (Å²) in [5, 5.41) is 5.29. The molecule has 0 radical (unpaired) electrons. The van der Waals surface area contributed by atoms with Crippen LogP contribution in [-0.4, -0.2) is 5.91 Å². The Morgan fingerprint density at radius 1 is 1.00 bits per heavy atom. The van der Waals surface area contributed by atoms with Gasteiger partial charge in [0.05, 0.1) is 12.5 Å². The number of fused-ring (bicyclic) bond motifs is 1. The third-order valence-corrected chi connectivity index (χ3v) is 3.90. The minimum Gasteiger partial charge on any atom is -0.349 e. The number of carbonyl (C=O) groups excluding carboxylic acids is 1. The molecule has 1 unspecified atom stereocenters. The Morgan fingerprint density at radius 3 is 2.57 bits per heavy atom. The van der Waals surface area contributed by atoms with E-state index >= 15 is 0 Å². The minimum atomic E-state index is -0.321. The van der Waals surface area contributed by atoms with Crippen LogP contribution in [0.1, 0.15) is 24.1 Å². The molecular formula is C20H18FNO. The van der Waals surface area contributed by atoms with Gasteiger partial charge in [0, 0.05) is 0 Å². The molecule has 0 saturated carbocycles. The molecule has 3 rings (SSSR count). The summed E-state index contributed by atoms with van der Waals surface area (Å²) < 4.78 is 13.2. The molecule has 3 aromatic carbocycles. The van der Waals surface area contributed by atoms with Gasteiger partial charge in [-0.2, -0.15) is 0 Å². The predicted octanol–water partition coefficient (Wildman–Crippen LogP) is 4.40. The molecule has 0 saturated heterocycles. The number of nitrogens with one attached hydrogen (secondary N) is 1. The van der Waals surface area contributed by atoms with Crippen molar-refractivity contribution in [2.45, 2.75) is 19.4 Å². The summed E-state index contributed by atoms with van der Waals surface area (Å²) in [6, 6.07) is 20.3. The Kier molecular flexibility index (Phi) is 4.38. The van der Waals surface area contributed by atoms with E-state index in [0.29, 0.717) is 5.56 Å². The summed E-state index contributed by atoms with van der Waals surface area (Å²) in [7, 11) is 0. The average Bonchev–Trinajstić information content (AvgIpc) is 2.54. The fourth-order valence-electron chi connectivity index (χ4n) is 2.69. The van der Waals surface area contributed by atoms with E-state index in [1.165, 1.54) is 17.5 Å². The van der Waals surface area contributed by atoms with Crippen LogP contribution in [0.4, 0.5) is 4.39 Å². The lowest BCUT2D eigenvalue weighted by Crippen LogP contribution is -2.28. The minimum absolute atomic E-state index is 0.0966. The van der Waals surface area contributed by atoms with E-state index in [9.17, 15) is 9.18 Å². The molecule has 0 fully saturated rings. The molecule has 3 heteroatoms. The Labute approximate surface area is 135 Å². The smallest absolute Gasteiger partial charge is 0.224 e. The molecule has 23 heavy (non-hydrogen) atoms. The van der Waals surface area contributed by atoms with Crippen molar-refractivity contribution in [2.24, 2.45) is 0 Å². The van der Waals surface area contributed by atoms with Crippen LogP contribution in [0, 0.1) is 5.82 Å². The molecule has 1 atom stereocenters. The highest BCUT2D eigenvalue weighted by Crippen LogP contribution is 2.20. The fourth-order valence-corrected chi connectivity index (χ4v) is 2.69. The topological polar surface area (TPSA) is 29.1 Å². The summed E-state index contributed by atoms with van der Waals surface area (Å²) in [4.78, 5) is 12.1. The van der Waals surface area contributed by atoms with Crippen LogP contribution >= 0.6 is 0 Å². The second-order valence-corrected chi connectivity index (χ2v) is 5.70. The van der Waals surface area contributed by atoms with Crippen molar-refractivity contribution in [3.63, 3.8) is 0 Å². The summed E-state index contributed by atoms with van der Waals surface area (Å²) in [6.07, 6.45) is 0.176. The highest BCUT2D eigenvalue weighted by atomic mass is 19.1. The Balaban J connectivity index is 1.69. The van der Waals surface area contributed by atoms with Crippen molar-refractivity contribution in [3.8, 4) is 0 Å². The van der Waals surface area contributed by atoms with Gasteiger partial charge in [0.2, 0.25) is 5.91 Å². The van der Waals surface area contributed by atoms with Gasteiger partial charge in [-0.1, -0.05) is 48.5 Å². The largest absolute Gasteiger partial charge is 0.349 e. The van der Waals surface area contributed by atoms with Crippen molar-refractivity contribution in [1.82, 2.24) is 5.32 Å². The van der Waals surface area contributed by atoms with Crippen LogP contribution < -0.4 is 5.32 Å². The van der Waals surface area contributed by atoms with E-state index in [2.05, 4.69) is 29.6 Å². The van der Waals surface area contributed by atoms with Gasteiger partial charge in [0.15, 0.2) is 0 Å². The van der Waals surface area contributed by atoms with Crippen LogP contribution in [0.5, 0.6) is 0 Å². The maximum atomic E-state index is 13.2. The summed E-state index contributed by atoms with van der Waals surface area (Å²) in [5.74, 6) is -0.436. The van der Waals surface area contributed by atoms with E-state index in [1.54, 1.807) is 12.1 Å². The van der Waals surface area contributed by atoms with Gasteiger partial charge >= 0.3 is 0 Å². The molecule has 0 aliphatic rings. The van der Waals surface area contributed by atoms with Crippen LogP contribution in [-0.2, 0) is 11.2 Å². The summed E-state index contributed by atoms with van der Waals surface area (Å²) in [5.41, 5.74) is 1.73. The normalized spacial score (nSPS) is 12.1. The molecule has 2 nitrogen and oxygen atoms in total. The Hall–Kier alpha value is -2.68. The maximum Gasteiger partial charge on any atom is 0.224 e. The molecular weight excluding hydrogens is 289 g/mol. The summed E-state index contributed by atoms with van der Waals surface area (Å²) in [6.45, 7) is 1.95. The second-order valence-electron chi connectivity index (χ2n) is 5.70. The highest BCUT2D eigenvalue weighted by molar-refractivity contribution is 5.83. The third kappa shape index (κ3) is 3.75. The zero-order chi connectivity index (χ0) is 16.2. The van der Waals surface area contributed by atoms with Gasteiger partial charge in [-0.15, -0.1) is 0 Å². The lowest BCUT2D eigenvalue weighted by molar-refractivity contribution is -0.121. The number of halogens is 1. The van der Waals surface area contributed by atoms with Crippen LogP contribution in [0.2, 0.25) is 0 Å². The molecule has 0 bridgehead atoms. The first-order valence-electron chi connectivity index (χ1n) is 7.64. The standard InChI is InChI=1S/C20H18FNO/c1-14(17-10-9-16-6-2-3-7-18(16)13-17)22-20(23)12-15-5-4-8-19(21)11-15/h2-11,13-14H,12H2,1H3,(H,22,23). The van der Waals surface area contributed by atoms with E-state index in [-0.39, 0.29) is 24.2 Å². The van der Waals surface area contributed by atoms with Gasteiger partial charge in [-0.3, -0.25) is 4.79 Å². The van der Waals surface area contributed by atoms with Gasteiger partial charge in [-0.25, -0.2) is 4.39 Å². The van der Waals surface area contributed by atoms with Gasteiger partial charge in [0.1, 0.15) is 5.82 Å². The van der Waals surface area contributed by atoms with Crippen LogP contribution in [0.3, 0.4) is 0 Å². The van der Waals surface area contributed by atoms with E-state index < -0.39 is 0 Å². The number of hydrogen-bond donors (Lipinski definition) is 1. The van der Waals surface area contributed by atoms with Gasteiger partial charge in [0.25, 0.3) is 0 Å². The fraction of sp³-hybridized carbons (Fsp3) is 0.150. The molecule has 0 spiro atoms. The van der Waals surface area contributed by atoms with E-state index in [0.717, 1.165) is 10.9 Å². The molecule has 0 heterocycles. The van der Waals surface area contributed by atoms with Gasteiger partial charge in [-0.05, 0) is 47.0 Å². The number of carbonyl (C=O) groups is 1. The quantitative estimate of drug-likeness (QED) is 0.760. The number of hydrogen-bond acceptors (Lipinski definition) is 1. The number of amides is 1. The Morgan fingerprint density at radius 2 is 1.78 bits per heavy atom.